The van der Waals surface area contributed by atoms with Gasteiger partial charge in [-0.3, -0.25) is 9.59 Å². The lowest BCUT2D eigenvalue weighted by atomic mass is 10.2. The second kappa shape index (κ2) is 11.1. The molecule has 0 saturated carbocycles. The molecule has 0 aliphatic carbocycles. The molecule has 0 unspecified atom stereocenters. The van der Waals surface area contributed by atoms with E-state index in [0.29, 0.717) is 12.2 Å². The number of nitrogens with one attached hydrogen (secondary N) is 2. The van der Waals surface area contributed by atoms with Crippen molar-refractivity contribution in [1.82, 2.24) is 10.7 Å². The third-order valence-corrected chi connectivity index (χ3v) is 4.80. The fraction of sp³-hybridized carbons (Fsp3) is 0.125. The molecule has 0 saturated heterocycles. The van der Waals surface area contributed by atoms with E-state index in [1.807, 2.05) is 49.4 Å². The quantitative estimate of drug-likeness (QED) is 0.375. The van der Waals surface area contributed by atoms with Crippen molar-refractivity contribution in [2.45, 2.75) is 13.5 Å². The molecule has 31 heavy (non-hydrogen) atoms. The lowest BCUT2D eigenvalue weighted by Gasteiger charge is -2.07. The minimum atomic E-state index is -0.419. The van der Waals surface area contributed by atoms with Crippen molar-refractivity contribution in [1.29, 1.82) is 0 Å². The van der Waals surface area contributed by atoms with Crippen LogP contribution in [0.3, 0.4) is 0 Å². The minimum absolute atomic E-state index is 0.172. The van der Waals surface area contributed by atoms with Gasteiger partial charge in [-0.1, -0.05) is 51.8 Å². The summed E-state index contributed by atoms with van der Waals surface area (Å²) < 4.78 is 6.56. The van der Waals surface area contributed by atoms with Crippen LogP contribution in [0.2, 0.25) is 0 Å². The Morgan fingerprint density at radius 1 is 1.03 bits per heavy atom. The third-order valence-electron chi connectivity index (χ3n) is 4.31. The van der Waals surface area contributed by atoms with E-state index in [0.717, 1.165) is 21.3 Å². The largest absolute Gasteiger partial charge is 0.489 e. The molecule has 0 aliphatic heterocycles. The number of carbonyl (C=O) groups excluding carboxylic acids is 2. The van der Waals surface area contributed by atoms with Crippen molar-refractivity contribution in [2.24, 2.45) is 5.10 Å². The van der Waals surface area contributed by atoms with Crippen LogP contribution in [-0.2, 0) is 11.4 Å². The van der Waals surface area contributed by atoms with E-state index >= 15 is 0 Å². The van der Waals surface area contributed by atoms with Gasteiger partial charge in [-0.25, -0.2) is 5.43 Å². The van der Waals surface area contributed by atoms with Gasteiger partial charge in [0.15, 0.2) is 0 Å². The number of ether oxygens (including phenoxy) is 1. The molecule has 3 aromatic rings. The Morgan fingerprint density at radius 3 is 2.48 bits per heavy atom. The standard InChI is InChI=1S/C24H22BrN3O3/c1-17-5-7-19(8-6-17)16-31-22-11-9-18(10-12-22)14-27-28-23(29)15-26-24(30)20-3-2-4-21(25)13-20/h2-14H,15-16H2,1H3,(H,26,30)(H,28,29). The van der Waals surface area contributed by atoms with Crippen LogP contribution in [0.1, 0.15) is 27.0 Å². The number of hydrazone groups is 1. The van der Waals surface area contributed by atoms with Gasteiger partial charge >= 0.3 is 0 Å². The maximum Gasteiger partial charge on any atom is 0.259 e. The number of amides is 2. The first-order valence-electron chi connectivity index (χ1n) is 9.64. The predicted molar refractivity (Wildman–Crippen MR) is 124 cm³/mol. The SMILES string of the molecule is Cc1ccc(COc2ccc(C=NNC(=O)CNC(=O)c3cccc(Br)c3)cc2)cc1. The molecule has 158 valence electrons. The van der Waals surface area contributed by atoms with Gasteiger partial charge in [-0.2, -0.15) is 5.10 Å². The lowest BCUT2D eigenvalue weighted by molar-refractivity contribution is -0.120. The number of carbonyl (C=O) groups is 2. The molecule has 2 amide bonds. The van der Waals surface area contributed by atoms with Crippen molar-refractivity contribution in [3.05, 3.63) is 99.5 Å². The predicted octanol–water partition coefficient (Wildman–Crippen LogP) is 4.22. The van der Waals surface area contributed by atoms with E-state index in [-0.39, 0.29) is 12.5 Å². The molecule has 6 nitrogen and oxygen atoms in total. The van der Waals surface area contributed by atoms with E-state index in [1.54, 1.807) is 18.2 Å². The number of benzene rings is 3. The molecule has 0 spiro atoms. The van der Waals surface area contributed by atoms with Crippen molar-refractivity contribution in [2.75, 3.05) is 6.54 Å². The van der Waals surface area contributed by atoms with Crippen LogP contribution in [0.25, 0.3) is 0 Å². The number of nitrogens with zero attached hydrogens (tertiary/aromatic N) is 1. The zero-order valence-corrected chi connectivity index (χ0v) is 18.6. The monoisotopic (exact) mass is 479 g/mol. The summed E-state index contributed by atoms with van der Waals surface area (Å²) in [5, 5.41) is 6.46. The number of hydrogen-bond donors (Lipinski definition) is 2. The van der Waals surface area contributed by atoms with Crippen LogP contribution in [0.5, 0.6) is 5.75 Å². The van der Waals surface area contributed by atoms with Gasteiger partial charge in [0.1, 0.15) is 12.4 Å². The van der Waals surface area contributed by atoms with Gasteiger partial charge in [0.2, 0.25) is 0 Å². The Morgan fingerprint density at radius 2 is 1.77 bits per heavy atom. The molecule has 0 aliphatic rings. The van der Waals surface area contributed by atoms with Crippen molar-refractivity contribution >= 4 is 34.0 Å². The highest BCUT2D eigenvalue weighted by molar-refractivity contribution is 9.10. The van der Waals surface area contributed by atoms with Gasteiger partial charge in [-0.05, 0) is 60.5 Å². The zero-order chi connectivity index (χ0) is 22.1. The van der Waals surface area contributed by atoms with Crippen molar-refractivity contribution in [3.63, 3.8) is 0 Å². The van der Waals surface area contributed by atoms with E-state index in [2.05, 4.69) is 43.9 Å². The van der Waals surface area contributed by atoms with Crippen molar-refractivity contribution < 1.29 is 14.3 Å². The summed E-state index contributed by atoms with van der Waals surface area (Å²) in [4.78, 5) is 23.9. The summed E-state index contributed by atoms with van der Waals surface area (Å²) in [7, 11) is 0. The van der Waals surface area contributed by atoms with Crippen LogP contribution in [0.4, 0.5) is 0 Å². The molecule has 0 heterocycles. The number of aryl methyl sites for hydroxylation is 1. The molecule has 3 rings (SSSR count). The number of halogens is 1. The normalized spacial score (nSPS) is 10.6. The Kier molecular flexibility index (Phi) is 7.95. The molecule has 0 radical (unpaired) electrons. The Balaban J connectivity index is 1.41. The van der Waals surface area contributed by atoms with E-state index < -0.39 is 5.91 Å². The zero-order valence-electron chi connectivity index (χ0n) is 17.0. The lowest BCUT2D eigenvalue weighted by Crippen LogP contribution is -2.34. The van der Waals surface area contributed by atoms with Crippen LogP contribution >= 0.6 is 15.9 Å². The summed E-state index contributed by atoms with van der Waals surface area (Å²) in [5.41, 5.74) is 5.98. The second-order valence-electron chi connectivity index (χ2n) is 6.83. The van der Waals surface area contributed by atoms with Gasteiger partial charge in [0, 0.05) is 10.0 Å². The fourth-order valence-corrected chi connectivity index (χ4v) is 3.01. The second-order valence-corrected chi connectivity index (χ2v) is 7.75. The first-order valence-corrected chi connectivity index (χ1v) is 10.4. The molecule has 0 fully saturated rings. The summed E-state index contributed by atoms with van der Waals surface area (Å²) >= 11 is 3.31. The molecular formula is C24H22BrN3O3. The van der Waals surface area contributed by atoms with Crippen LogP contribution < -0.4 is 15.5 Å². The summed E-state index contributed by atoms with van der Waals surface area (Å²) in [6.07, 6.45) is 1.53. The minimum Gasteiger partial charge on any atom is -0.489 e. The van der Waals surface area contributed by atoms with Crippen LogP contribution in [0.15, 0.2) is 82.4 Å². The smallest absolute Gasteiger partial charge is 0.259 e. The number of rotatable bonds is 8. The Labute approximate surface area is 189 Å². The van der Waals surface area contributed by atoms with E-state index in [9.17, 15) is 9.59 Å². The first kappa shape index (κ1) is 22.2. The molecule has 0 aromatic heterocycles. The van der Waals surface area contributed by atoms with Crippen LogP contribution in [0, 0.1) is 6.92 Å². The third kappa shape index (κ3) is 7.38. The molecule has 3 aromatic carbocycles. The molecular weight excluding hydrogens is 458 g/mol. The highest BCUT2D eigenvalue weighted by Crippen LogP contribution is 2.14. The summed E-state index contributed by atoms with van der Waals surface area (Å²) in [6.45, 7) is 2.37. The van der Waals surface area contributed by atoms with E-state index in [1.165, 1.54) is 11.8 Å². The maximum absolute atomic E-state index is 12.0. The number of hydrogen-bond acceptors (Lipinski definition) is 4. The maximum atomic E-state index is 12.0. The topological polar surface area (TPSA) is 79.8 Å². The van der Waals surface area contributed by atoms with Gasteiger partial charge < -0.3 is 10.1 Å². The first-order chi connectivity index (χ1) is 15.0. The average molecular weight is 480 g/mol. The van der Waals surface area contributed by atoms with E-state index in [4.69, 9.17) is 4.74 Å². The molecule has 7 heteroatoms. The highest BCUT2D eigenvalue weighted by atomic mass is 79.9. The molecule has 2 N–H and O–H groups in total. The van der Waals surface area contributed by atoms with Gasteiger partial charge in [0.05, 0.1) is 12.8 Å². The highest BCUT2D eigenvalue weighted by Gasteiger charge is 2.07. The van der Waals surface area contributed by atoms with Gasteiger partial charge in [-0.15, -0.1) is 0 Å². The average Bonchev–Trinajstić information content (AvgIpc) is 2.78. The summed E-state index contributed by atoms with van der Waals surface area (Å²) in [5.74, 6) is -0.00340. The van der Waals surface area contributed by atoms with Crippen LogP contribution in [-0.4, -0.2) is 24.6 Å². The Hall–Kier alpha value is -3.45. The molecule has 0 atom stereocenters. The van der Waals surface area contributed by atoms with Crippen molar-refractivity contribution in [3.8, 4) is 5.75 Å². The molecule has 0 bridgehead atoms. The Bertz CT molecular complexity index is 1060. The van der Waals surface area contributed by atoms with Gasteiger partial charge in [0.25, 0.3) is 11.8 Å². The summed E-state index contributed by atoms with van der Waals surface area (Å²) in [6, 6.07) is 22.5. The fourth-order valence-electron chi connectivity index (χ4n) is 2.61.